The maximum Gasteiger partial charge on any atom is 0.239 e. The van der Waals surface area contributed by atoms with E-state index in [1.54, 1.807) is 6.26 Å². The van der Waals surface area contributed by atoms with Crippen LogP contribution >= 0.6 is 0 Å². The minimum Gasteiger partial charge on any atom is -0.469 e. The lowest BCUT2D eigenvalue weighted by atomic mass is 10.1. The number of ether oxygens (including phenoxy) is 1. The number of carbonyl (C=O) groups excluding carboxylic acids is 1. The molecule has 0 saturated carbocycles. The molecule has 2 rings (SSSR count). The SMILES string of the molecule is CC(CCc1ccco1)NC(C)C(=O)N1CCOCC1. The second kappa shape index (κ2) is 7.45. The number of nitrogens with one attached hydrogen (secondary N) is 1. The van der Waals surface area contributed by atoms with Gasteiger partial charge in [-0.25, -0.2) is 0 Å². The zero-order chi connectivity index (χ0) is 14.4. The van der Waals surface area contributed by atoms with Gasteiger partial charge in [-0.2, -0.15) is 0 Å². The maximum absolute atomic E-state index is 12.3. The maximum atomic E-state index is 12.3. The van der Waals surface area contributed by atoms with Gasteiger partial charge in [-0.05, 0) is 32.4 Å². The summed E-state index contributed by atoms with van der Waals surface area (Å²) >= 11 is 0. The zero-order valence-electron chi connectivity index (χ0n) is 12.3. The molecule has 5 nitrogen and oxygen atoms in total. The molecule has 1 N–H and O–H groups in total. The van der Waals surface area contributed by atoms with Gasteiger partial charge < -0.3 is 19.4 Å². The molecule has 2 heterocycles. The molecule has 1 aromatic heterocycles. The summed E-state index contributed by atoms with van der Waals surface area (Å²) in [6.45, 7) is 6.73. The van der Waals surface area contributed by atoms with Crippen LogP contribution in [0.15, 0.2) is 22.8 Å². The Balaban J connectivity index is 1.72. The van der Waals surface area contributed by atoms with Crippen molar-refractivity contribution < 1.29 is 13.9 Å². The van der Waals surface area contributed by atoms with Crippen molar-refractivity contribution >= 4 is 5.91 Å². The highest BCUT2D eigenvalue weighted by atomic mass is 16.5. The van der Waals surface area contributed by atoms with Gasteiger partial charge in [0.15, 0.2) is 0 Å². The Morgan fingerprint density at radius 2 is 2.15 bits per heavy atom. The molecule has 2 atom stereocenters. The van der Waals surface area contributed by atoms with Crippen molar-refractivity contribution in [1.82, 2.24) is 10.2 Å². The third-order valence-electron chi connectivity index (χ3n) is 3.63. The molecule has 2 unspecified atom stereocenters. The topological polar surface area (TPSA) is 54.7 Å². The molecule has 1 aliphatic heterocycles. The molecule has 0 bridgehead atoms. The van der Waals surface area contributed by atoms with Crippen molar-refractivity contribution in [2.75, 3.05) is 26.3 Å². The van der Waals surface area contributed by atoms with Gasteiger partial charge >= 0.3 is 0 Å². The van der Waals surface area contributed by atoms with Gasteiger partial charge in [0, 0.05) is 25.6 Å². The highest BCUT2D eigenvalue weighted by Crippen LogP contribution is 2.07. The molecule has 0 spiro atoms. The van der Waals surface area contributed by atoms with Crippen LogP contribution in [-0.4, -0.2) is 49.2 Å². The van der Waals surface area contributed by atoms with Gasteiger partial charge in [0.25, 0.3) is 0 Å². The van der Waals surface area contributed by atoms with E-state index in [0.717, 1.165) is 18.6 Å². The van der Waals surface area contributed by atoms with E-state index < -0.39 is 0 Å². The number of hydrogen-bond donors (Lipinski definition) is 1. The molecule has 1 fully saturated rings. The Bertz CT molecular complexity index is 399. The first-order chi connectivity index (χ1) is 9.66. The summed E-state index contributed by atoms with van der Waals surface area (Å²) in [4.78, 5) is 14.1. The number of furan rings is 1. The molecule has 0 aliphatic carbocycles. The van der Waals surface area contributed by atoms with Crippen LogP contribution in [0.5, 0.6) is 0 Å². The Labute approximate surface area is 120 Å². The lowest BCUT2D eigenvalue weighted by Gasteiger charge is -2.30. The number of amides is 1. The summed E-state index contributed by atoms with van der Waals surface area (Å²) in [7, 11) is 0. The van der Waals surface area contributed by atoms with Crippen LogP contribution in [0.2, 0.25) is 0 Å². The van der Waals surface area contributed by atoms with Gasteiger partial charge in [0.2, 0.25) is 5.91 Å². The Hall–Kier alpha value is -1.33. The minimum atomic E-state index is -0.153. The van der Waals surface area contributed by atoms with Crippen molar-refractivity contribution in [3.63, 3.8) is 0 Å². The normalized spacial score (nSPS) is 18.8. The zero-order valence-corrected chi connectivity index (χ0v) is 12.3. The molecule has 1 amide bonds. The van der Waals surface area contributed by atoms with Gasteiger partial charge in [0.05, 0.1) is 25.5 Å². The molecule has 20 heavy (non-hydrogen) atoms. The lowest BCUT2D eigenvalue weighted by molar-refractivity contribution is -0.137. The van der Waals surface area contributed by atoms with Crippen molar-refractivity contribution in [3.8, 4) is 0 Å². The van der Waals surface area contributed by atoms with E-state index in [1.165, 1.54) is 0 Å². The van der Waals surface area contributed by atoms with Crippen LogP contribution in [0.1, 0.15) is 26.0 Å². The van der Waals surface area contributed by atoms with Crippen LogP contribution < -0.4 is 5.32 Å². The summed E-state index contributed by atoms with van der Waals surface area (Å²) in [5.74, 6) is 1.16. The van der Waals surface area contributed by atoms with Crippen LogP contribution in [-0.2, 0) is 16.0 Å². The fourth-order valence-electron chi connectivity index (χ4n) is 2.45. The average molecular weight is 280 g/mol. The molecule has 112 valence electrons. The molecule has 1 aromatic rings. The van der Waals surface area contributed by atoms with E-state index in [9.17, 15) is 4.79 Å². The number of nitrogens with zero attached hydrogens (tertiary/aromatic N) is 1. The summed E-state index contributed by atoms with van der Waals surface area (Å²) in [6.07, 6.45) is 3.53. The predicted molar refractivity (Wildman–Crippen MR) is 76.5 cm³/mol. The predicted octanol–water partition coefficient (Wildman–Crippen LogP) is 1.44. The van der Waals surface area contributed by atoms with Crippen LogP contribution in [0.3, 0.4) is 0 Å². The van der Waals surface area contributed by atoms with Crippen molar-refractivity contribution in [2.45, 2.75) is 38.8 Å². The van der Waals surface area contributed by atoms with E-state index in [1.807, 2.05) is 24.0 Å². The second-order valence-corrected chi connectivity index (χ2v) is 5.35. The van der Waals surface area contributed by atoms with Crippen LogP contribution in [0, 0.1) is 0 Å². The molecule has 0 aromatic carbocycles. The van der Waals surface area contributed by atoms with E-state index in [4.69, 9.17) is 9.15 Å². The second-order valence-electron chi connectivity index (χ2n) is 5.35. The molecule has 0 radical (unpaired) electrons. The van der Waals surface area contributed by atoms with Crippen molar-refractivity contribution in [1.29, 1.82) is 0 Å². The van der Waals surface area contributed by atoms with Crippen molar-refractivity contribution in [3.05, 3.63) is 24.2 Å². The van der Waals surface area contributed by atoms with Gasteiger partial charge in [0.1, 0.15) is 5.76 Å². The molecular formula is C15H24N2O3. The first-order valence-corrected chi connectivity index (χ1v) is 7.32. The highest BCUT2D eigenvalue weighted by Gasteiger charge is 2.23. The number of hydrogen-bond acceptors (Lipinski definition) is 4. The Morgan fingerprint density at radius 1 is 1.40 bits per heavy atom. The smallest absolute Gasteiger partial charge is 0.239 e. The highest BCUT2D eigenvalue weighted by molar-refractivity contribution is 5.81. The molecule has 1 saturated heterocycles. The fourth-order valence-corrected chi connectivity index (χ4v) is 2.45. The molecular weight excluding hydrogens is 256 g/mol. The number of aryl methyl sites for hydroxylation is 1. The number of morpholine rings is 1. The monoisotopic (exact) mass is 280 g/mol. The average Bonchev–Trinajstić information content (AvgIpc) is 2.98. The van der Waals surface area contributed by atoms with Crippen LogP contribution in [0.25, 0.3) is 0 Å². The lowest BCUT2D eigenvalue weighted by Crippen LogP contribution is -2.51. The van der Waals surface area contributed by atoms with Crippen LogP contribution in [0.4, 0.5) is 0 Å². The quantitative estimate of drug-likeness (QED) is 0.856. The first-order valence-electron chi connectivity index (χ1n) is 7.32. The van der Waals surface area contributed by atoms with Gasteiger partial charge in [-0.3, -0.25) is 4.79 Å². The summed E-state index contributed by atoms with van der Waals surface area (Å²) in [6, 6.07) is 4.01. The molecule has 1 aliphatic rings. The largest absolute Gasteiger partial charge is 0.469 e. The number of carbonyl (C=O) groups is 1. The number of rotatable bonds is 6. The fraction of sp³-hybridized carbons (Fsp3) is 0.667. The Kier molecular flexibility index (Phi) is 5.61. The first kappa shape index (κ1) is 15.1. The van der Waals surface area contributed by atoms with Gasteiger partial charge in [-0.1, -0.05) is 0 Å². The summed E-state index contributed by atoms with van der Waals surface area (Å²) in [5.41, 5.74) is 0. The molecule has 5 heteroatoms. The van der Waals surface area contributed by atoms with Gasteiger partial charge in [-0.15, -0.1) is 0 Å². The summed E-state index contributed by atoms with van der Waals surface area (Å²) < 4.78 is 10.6. The van der Waals surface area contributed by atoms with E-state index in [2.05, 4.69) is 12.2 Å². The summed E-state index contributed by atoms with van der Waals surface area (Å²) in [5, 5.41) is 3.37. The van der Waals surface area contributed by atoms with E-state index in [-0.39, 0.29) is 18.0 Å². The Morgan fingerprint density at radius 3 is 2.80 bits per heavy atom. The third kappa shape index (κ3) is 4.35. The third-order valence-corrected chi connectivity index (χ3v) is 3.63. The standard InChI is InChI=1S/C15H24N2O3/c1-12(5-6-14-4-3-9-20-14)16-13(2)15(18)17-7-10-19-11-8-17/h3-4,9,12-13,16H,5-8,10-11H2,1-2H3. The van der Waals surface area contributed by atoms with E-state index in [0.29, 0.717) is 26.3 Å². The van der Waals surface area contributed by atoms with E-state index >= 15 is 0 Å². The minimum absolute atomic E-state index is 0.153. The van der Waals surface area contributed by atoms with Crippen molar-refractivity contribution in [2.24, 2.45) is 0 Å².